The summed E-state index contributed by atoms with van der Waals surface area (Å²) in [4.78, 5) is 0. The van der Waals surface area contributed by atoms with Crippen LogP contribution in [0.5, 0.6) is 11.5 Å². The van der Waals surface area contributed by atoms with Gasteiger partial charge in [-0.15, -0.1) is 0 Å². The molecule has 2 rings (SSSR count). The molecule has 84 valence electrons. The number of ether oxygens (including phenoxy) is 1. The summed E-state index contributed by atoms with van der Waals surface area (Å²) in [5.74, 6) is -0.844. The van der Waals surface area contributed by atoms with E-state index < -0.39 is 11.6 Å². The van der Waals surface area contributed by atoms with Gasteiger partial charge in [-0.1, -0.05) is 12.1 Å². The van der Waals surface area contributed by atoms with Crippen LogP contribution in [-0.4, -0.2) is 0 Å². The zero-order chi connectivity index (χ0) is 12.3. The van der Waals surface area contributed by atoms with Crippen molar-refractivity contribution in [2.24, 2.45) is 0 Å². The first-order valence-electron chi connectivity index (χ1n) is 4.83. The van der Waals surface area contributed by atoms with E-state index in [1.807, 2.05) is 0 Å². The van der Waals surface area contributed by atoms with Crippen LogP contribution in [0.1, 0.15) is 5.56 Å². The zero-order valence-corrected chi connectivity index (χ0v) is 8.65. The van der Waals surface area contributed by atoms with Crippen LogP contribution in [0.15, 0.2) is 42.5 Å². The molecule has 2 aromatic carbocycles. The summed E-state index contributed by atoms with van der Waals surface area (Å²) >= 11 is 0. The summed E-state index contributed by atoms with van der Waals surface area (Å²) in [6.07, 6.45) is 0. The molecule has 0 unspecified atom stereocenters. The van der Waals surface area contributed by atoms with Crippen molar-refractivity contribution >= 4 is 0 Å². The van der Waals surface area contributed by atoms with E-state index in [0.29, 0.717) is 0 Å². The minimum absolute atomic E-state index is 0.0677. The maximum Gasteiger partial charge on any atom is 0.148 e. The van der Waals surface area contributed by atoms with Gasteiger partial charge in [0, 0.05) is 6.07 Å². The molecule has 0 aliphatic rings. The van der Waals surface area contributed by atoms with Crippen LogP contribution in [0.3, 0.4) is 0 Å². The third kappa shape index (κ3) is 2.40. The van der Waals surface area contributed by atoms with Gasteiger partial charge in [0.15, 0.2) is 0 Å². The minimum atomic E-state index is -0.665. The molecule has 0 amide bonds. The number of benzene rings is 2. The van der Waals surface area contributed by atoms with Crippen LogP contribution in [0.25, 0.3) is 0 Å². The van der Waals surface area contributed by atoms with Gasteiger partial charge in [0.2, 0.25) is 0 Å². The molecule has 17 heavy (non-hydrogen) atoms. The monoisotopic (exact) mass is 231 g/mol. The Kier molecular flexibility index (Phi) is 3.01. The average molecular weight is 231 g/mol. The highest BCUT2D eigenvalue weighted by atomic mass is 19.1. The fraction of sp³-hybridized carbons (Fsp3) is 0. The predicted molar refractivity (Wildman–Crippen MR) is 57.6 cm³/mol. The second-order valence-electron chi connectivity index (χ2n) is 3.28. The quantitative estimate of drug-likeness (QED) is 0.790. The summed E-state index contributed by atoms with van der Waals surface area (Å²) in [6, 6.07) is 11.2. The van der Waals surface area contributed by atoms with Gasteiger partial charge in [-0.25, -0.2) is 8.78 Å². The highest BCUT2D eigenvalue weighted by Gasteiger charge is 2.09. The summed E-state index contributed by atoms with van der Waals surface area (Å²) in [6.45, 7) is 0. The molecule has 0 saturated carbocycles. The Balaban J connectivity index is 2.37. The molecule has 0 aliphatic heterocycles. The number of rotatable bonds is 2. The first-order valence-corrected chi connectivity index (χ1v) is 4.83. The smallest absolute Gasteiger partial charge is 0.148 e. The van der Waals surface area contributed by atoms with Gasteiger partial charge in [-0.3, -0.25) is 0 Å². The summed E-state index contributed by atoms with van der Waals surface area (Å²) in [5.41, 5.74) is -0.197. The van der Waals surface area contributed by atoms with Crippen molar-refractivity contribution in [1.82, 2.24) is 0 Å². The molecule has 0 aromatic heterocycles. The average Bonchev–Trinajstić information content (AvgIpc) is 2.29. The lowest BCUT2D eigenvalue weighted by molar-refractivity contribution is 0.469. The Morgan fingerprint density at radius 3 is 2.53 bits per heavy atom. The Labute approximate surface area is 96.7 Å². The molecule has 0 saturated heterocycles. The standard InChI is InChI=1S/C13H7F2NO/c14-9-3-1-4-10(7-9)17-13-6-2-5-12(15)11(13)8-16/h1-7H. The fourth-order valence-corrected chi connectivity index (χ4v) is 1.36. The number of halogens is 2. The molecular weight excluding hydrogens is 224 g/mol. The van der Waals surface area contributed by atoms with E-state index in [1.165, 1.54) is 30.3 Å². The first-order chi connectivity index (χ1) is 8.20. The molecule has 0 fully saturated rings. The van der Waals surface area contributed by atoms with E-state index in [1.54, 1.807) is 6.07 Å². The Morgan fingerprint density at radius 1 is 1.06 bits per heavy atom. The summed E-state index contributed by atoms with van der Waals surface area (Å²) in [7, 11) is 0. The number of hydrogen-bond acceptors (Lipinski definition) is 2. The highest BCUT2D eigenvalue weighted by Crippen LogP contribution is 2.26. The van der Waals surface area contributed by atoms with Gasteiger partial charge in [0.1, 0.15) is 34.8 Å². The fourth-order valence-electron chi connectivity index (χ4n) is 1.36. The lowest BCUT2D eigenvalue weighted by atomic mass is 10.2. The SMILES string of the molecule is N#Cc1c(F)cccc1Oc1cccc(F)c1. The topological polar surface area (TPSA) is 33.0 Å². The van der Waals surface area contributed by atoms with Crippen molar-refractivity contribution in [1.29, 1.82) is 5.26 Å². The Morgan fingerprint density at radius 2 is 1.82 bits per heavy atom. The third-order valence-electron chi connectivity index (χ3n) is 2.11. The van der Waals surface area contributed by atoms with Gasteiger partial charge in [0.25, 0.3) is 0 Å². The maximum absolute atomic E-state index is 13.3. The van der Waals surface area contributed by atoms with E-state index in [2.05, 4.69) is 0 Å². The molecule has 0 radical (unpaired) electrons. The van der Waals surface area contributed by atoms with Crippen molar-refractivity contribution in [2.45, 2.75) is 0 Å². The highest BCUT2D eigenvalue weighted by molar-refractivity contribution is 5.46. The Bertz CT molecular complexity index is 590. The lowest BCUT2D eigenvalue weighted by Crippen LogP contribution is -1.91. The van der Waals surface area contributed by atoms with Crippen LogP contribution in [0, 0.1) is 23.0 Å². The normalized spacial score (nSPS) is 9.71. The van der Waals surface area contributed by atoms with E-state index in [-0.39, 0.29) is 17.1 Å². The molecule has 0 spiro atoms. The van der Waals surface area contributed by atoms with E-state index >= 15 is 0 Å². The van der Waals surface area contributed by atoms with Gasteiger partial charge in [-0.05, 0) is 24.3 Å². The zero-order valence-electron chi connectivity index (χ0n) is 8.65. The molecule has 0 aliphatic carbocycles. The Hall–Kier alpha value is -2.41. The molecule has 0 bridgehead atoms. The second kappa shape index (κ2) is 4.62. The van der Waals surface area contributed by atoms with Crippen LogP contribution >= 0.6 is 0 Å². The van der Waals surface area contributed by atoms with Crippen LogP contribution < -0.4 is 4.74 Å². The first kappa shape index (κ1) is 11.1. The summed E-state index contributed by atoms with van der Waals surface area (Å²) < 4.78 is 31.4. The number of nitriles is 1. The molecule has 2 nitrogen and oxygen atoms in total. The molecule has 4 heteroatoms. The minimum Gasteiger partial charge on any atom is -0.456 e. The van der Waals surface area contributed by atoms with Crippen LogP contribution in [0.2, 0.25) is 0 Å². The van der Waals surface area contributed by atoms with Crippen molar-refractivity contribution in [3.63, 3.8) is 0 Å². The van der Waals surface area contributed by atoms with E-state index in [9.17, 15) is 8.78 Å². The summed E-state index contributed by atoms with van der Waals surface area (Å²) in [5, 5.41) is 8.79. The van der Waals surface area contributed by atoms with Gasteiger partial charge >= 0.3 is 0 Å². The third-order valence-corrected chi connectivity index (χ3v) is 2.11. The van der Waals surface area contributed by atoms with Gasteiger partial charge < -0.3 is 4.74 Å². The molecular formula is C13H7F2NO. The molecule has 0 heterocycles. The number of hydrogen-bond donors (Lipinski definition) is 0. The van der Waals surface area contributed by atoms with E-state index in [0.717, 1.165) is 12.1 Å². The van der Waals surface area contributed by atoms with Crippen LogP contribution in [0.4, 0.5) is 8.78 Å². The van der Waals surface area contributed by atoms with Crippen molar-refractivity contribution in [3.8, 4) is 17.6 Å². The van der Waals surface area contributed by atoms with Crippen molar-refractivity contribution in [2.75, 3.05) is 0 Å². The number of nitrogens with zero attached hydrogens (tertiary/aromatic N) is 1. The van der Waals surface area contributed by atoms with Gasteiger partial charge in [-0.2, -0.15) is 5.26 Å². The lowest BCUT2D eigenvalue weighted by Gasteiger charge is -2.07. The molecule has 0 atom stereocenters. The molecule has 2 aromatic rings. The van der Waals surface area contributed by atoms with Crippen molar-refractivity contribution in [3.05, 3.63) is 59.7 Å². The second-order valence-corrected chi connectivity index (χ2v) is 3.28. The maximum atomic E-state index is 13.3. The molecule has 0 N–H and O–H groups in total. The predicted octanol–water partition coefficient (Wildman–Crippen LogP) is 3.63. The van der Waals surface area contributed by atoms with E-state index in [4.69, 9.17) is 10.00 Å². The van der Waals surface area contributed by atoms with Crippen molar-refractivity contribution < 1.29 is 13.5 Å². The van der Waals surface area contributed by atoms with Gasteiger partial charge in [0.05, 0.1) is 0 Å². The largest absolute Gasteiger partial charge is 0.456 e. The van der Waals surface area contributed by atoms with Crippen LogP contribution in [-0.2, 0) is 0 Å².